The first-order valence-electron chi connectivity index (χ1n) is 7.87. The third-order valence-electron chi connectivity index (χ3n) is 7.41. The van der Waals surface area contributed by atoms with E-state index in [1.54, 1.807) is 6.92 Å². The summed E-state index contributed by atoms with van der Waals surface area (Å²) in [5.74, 6) is 1.37. The molecule has 0 radical (unpaired) electrons. The third-order valence-corrected chi connectivity index (χ3v) is 7.41. The van der Waals surface area contributed by atoms with Crippen molar-refractivity contribution in [3.63, 3.8) is 0 Å². The molecule has 0 heterocycles. The van der Waals surface area contributed by atoms with Crippen LogP contribution in [0.25, 0.3) is 0 Å². The van der Waals surface area contributed by atoms with Crippen molar-refractivity contribution in [1.82, 2.24) is 0 Å². The van der Waals surface area contributed by atoms with Crippen LogP contribution in [0.4, 0.5) is 0 Å². The van der Waals surface area contributed by atoms with Gasteiger partial charge in [-0.1, -0.05) is 27.7 Å². The van der Waals surface area contributed by atoms with Crippen molar-refractivity contribution in [2.75, 3.05) is 0 Å². The molecule has 3 aliphatic carbocycles. The van der Waals surface area contributed by atoms with Crippen LogP contribution in [0.3, 0.4) is 0 Å². The second-order valence-electron chi connectivity index (χ2n) is 8.45. The van der Waals surface area contributed by atoms with Crippen LogP contribution in [0, 0.1) is 28.1 Å². The molecule has 2 heteroatoms. The lowest BCUT2D eigenvalue weighted by molar-refractivity contribution is -0.153. The van der Waals surface area contributed by atoms with E-state index in [0.717, 1.165) is 12.3 Å². The van der Waals surface area contributed by atoms with Crippen LogP contribution < -0.4 is 0 Å². The van der Waals surface area contributed by atoms with Gasteiger partial charge in [-0.05, 0) is 60.2 Å². The van der Waals surface area contributed by atoms with Gasteiger partial charge in [0.2, 0.25) is 0 Å². The molecule has 0 saturated heterocycles. The molecule has 0 aromatic rings. The first-order valence-corrected chi connectivity index (χ1v) is 7.87. The summed E-state index contributed by atoms with van der Waals surface area (Å²) >= 11 is 0. The highest BCUT2D eigenvalue weighted by Crippen LogP contribution is 2.75. The van der Waals surface area contributed by atoms with Crippen LogP contribution in [-0.4, -0.2) is 12.1 Å². The molecule has 0 N–H and O–H groups in total. The maximum Gasteiger partial charge on any atom is 0.302 e. The van der Waals surface area contributed by atoms with Crippen LogP contribution in [0.2, 0.25) is 0 Å². The molecule has 2 bridgehead atoms. The zero-order chi connectivity index (χ0) is 14.1. The quantitative estimate of drug-likeness (QED) is 0.664. The second-order valence-corrected chi connectivity index (χ2v) is 8.45. The Hall–Kier alpha value is -0.530. The van der Waals surface area contributed by atoms with E-state index in [9.17, 15) is 4.79 Å². The Labute approximate surface area is 117 Å². The maximum atomic E-state index is 11.2. The van der Waals surface area contributed by atoms with Crippen molar-refractivity contribution < 1.29 is 9.53 Å². The topological polar surface area (TPSA) is 26.3 Å². The molecule has 4 atom stereocenters. The molecular formula is C17H28O2. The lowest BCUT2D eigenvalue weighted by atomic mass is 9.55. The predicted octanol–water partition coefficient (Wildman–Crippen LogP) is 4.18. The SMILES string of the molecule is CC(=O)OC1CCC23CC1CC2CC(C)(C)C3(C)C. The van der Waals surface area contributed by atoms with Crippen LogP contribution in [0.5, 0.6) is 0 Å². The highest BCUT2D eigenvalue weighted by atomic mass is 16.5. The molecule has 0 aliphatic heterocycles. The Bertz CT molecular complexity index is 409. The largest absolute Gasteiger partial charge is 0.462 e. The summed E-state index contributed by atoms with van der Waals surface area (Å²) in [4.78, 5) is 11.2. The fraction of sp³-hybridized carbons (Fsp3) is 0.941. The number of hydrogen-bond acceptors (Lipinski definition) is 2. The minimum atomic E-state index is -0.0994. The average Bonchev–Trinajstić information content (AvgIpc) is 2.63. The lowest BCUT2D eigenvalue weighted by Gasteiger charge is -2.50. The summed E-state index contributed by atoms with van der Waals surface area (Å²) in [5, 5.41) is 0. The summed E-state index contributed by atoms with van der Waals surface area (Å²) in [6, 6.07) is 0. The Morgan fingerprint density at radius 2 is 1.84 bits per heavy atom. The van der Waals surface area contributed by atoms with Crippen LogP contribution in [0.1, 0.15) is 66.7 Å². The highest BCUT2D eigenvalue weighted by molar-refractivity contribution is 5.66. The van der Waals surface area contributed by atoms with Gasteiger partial charge < -0.3 is 4.74 Å². The molecule has 3 aliphatic rings. The highest BCUT2D eigenvalue weighted by Gasteiger charge is 2.68. The van der Waals surface area contributed by atoms with Gasteiger partial charge in [0, 0.05) is 6.92 Å². The Kier molecular flexibility index (Phi) is 2.67. The number of rotatable bonds is 1. The maximum absolute atomic E-state index is 11.2. The summed E-state index contributed by atoms with van der Waals surface area (Å²) < 4.78 is 5.56. The van der Waals surface area contributed by atoms with Gasteiger partial charge >= 0.3 is 5.97 Å². The molecule has 0 aromatic carbocycles. The van der Waals surface area contributed by atoms with Crippen molar-refractivity contribution in [3.8, 4) is 0 Å². The second kappa shape index (κ2) is 3.77. The summed E-state index contributed by atoms with van der Waals surface area (Å²) in [7, 11) is 0. The number of fused-ring (bicyclic) bond motifs is 1. The van der Waals surface area contributed by atoms with Crippen molar-refractivity contribution in [2.24, 2.45) is 28.1 Å². The van der Waals surface area contributed by atoms with Crippen LogP contribution in [0.15, 0.2) is 0 Å². The Balaban J connectivity index is 1.87. The molecule has 1 spiro atoms. The van der Waals surface area contributed by atoms with Gasteiger partial charge in [-0.2, -0.15) is 0 Å². The van der Waals surface area contributed by atoms with E-state index in [1.165, 1.54) is 25.7 Å². The number of carbonyl (C=O) groups is 1. The van der Waals surface area contributed by atoms with Gasteiger partial charge in [0.1, 0.15) is 6.10 Å². The van der Waals surface area contributed by atoms with E-state index < -0.39 is 0 Å². The van der Waals surface area contributed by atoms with E-state index in [1.807, 2.05) is 0 Å². The zero-order valence-corrected chi connectivity index (χ0v) is 13.1. The van der Waals surface area contributed by atoms with E-state index >= 15 is 0 Å². The summed E-state index contributed by atoms with van der Waals surface area (Å²) in [5.41, 5.74) is 1.36. The lowest BCUT2D eigenvalue weighted by Crippen LogP contribution is -2.45. The predicted molar refractivity (Wildman–Crippen MR) is 75.6 cm³/mol. The van der Waals surface area contributed by atoms with Crippen molar-refractivity contribution in [3.05, 3.63) is 0 Å². The van der Waals surface area contributed by atoms with Gasteiger partial charge in [0.25, 0.3) is 0 Å². The molecule has 3 saturated carbocycles. The molecular weight excluding hydrogens is 236 g/mol. The Morgan fingerprint density at radius 3 is 2.47 bits per heavy atom. The fourth-order valence-electron chi connectivity index (χ4n) is 5.80. The van der Waals surface area contributed by atoms with Gasteiger partial charge in [0.05, 0.1) is 0 Å². The van der Waals surface area contributed by atoms with Crippen LogP contribution >= 0.6 is 0 Å². The monoisotopic (exact) mass is 264 g/mol. The molecule has 0 amide bonds. The smallest absolute Gasteiger partial charge is 0.302 e. The third kappa shape index (κ3) is 1.58. The van der Waals surface area contributed by atoms with E-state index in [0.29, 0.717) is 22.2 Å². The van der Waals surface area contributed by atoms with Gasteiger partial charge in [-0.25, -0.2) is 0 Å². The molecule has 2 nitrogen and oxygen atoms in total. The van der Waals surface area contributed by atoms with Gasteiger partial charge in [0.15, 0.2) is 0 Å². The van der Waals surface area contributed by atoms with Crippen LogP contribution in [-0.2, 0) is 9.53 Å². The van der Waals surface area contributed by atoms with Crippen molar-refractivity contribution >= 4 is 5.97 Å². The molecule has 0 aromatic heterocycles. The minimum absolute atomic E-state index is 0.0994. The standard InChI is InChI=1S/C17H28O2/c1-11(18)19-14-6-7-17-9-12(14)8-13(17)10-15(2,3)16(17,4)5/h12-14H,6-10H2,1-5H3. The van der Waals surface area contributed by atoms with Gasteiger partial charge in [-0.15, -0.1) is 0 Å². The van der Waals surface area contributed by atoms with Crippen molar-refractivity contribution in [2.45, 2.75) is 72.8 Å². The Morgan fingerprint density at radius 1 is 1.16 bits per heavy atom. The number of carbonyl (C=O) groups excluding carboxylic acids is 1. The fourth-order valence-corrected chi connectivity index (χ4v) is 5.80. The molecule has 19 heavy (non-hydrogen) atoms. The van der Waals surface area contributed by atoms with Gasteiger partial charge in [-0.3, -0.25) is 4.79 Å². The number of ether oxygens (including phenoxy) is 1. The van der Waals surface area contributed by atoms with E-state index in [2.05, 4.69) is 27.7 Å². The summed E-state index contributed by atoms with van der Waals surface area (Å²) in [6.45, 7) is 11.4. The molecule has 4 unspecified atom stereocenters. The number of esters is 1. The number of hydrogen-bond donors (Lipinski definition) is 0. The molecule has 108 valence electrons. The first kappa shape index (κ1) is 13.5. The average molecular weight is 264 g/mol. The zero-order valence-electron chi connectivity index (χ0n) is 13.1. The molecule has 3 fully saturated rings. The van der Waals surface area contributed by atoms with E-state index in [4.69, 9.17) is 4.74 Å². The van der Waals surface area contributed by atoms with Crippen molar-refractivity contribution in [1.29, 1.82) is 0 Å². The van der Waals surface area contributed by atoms with E-state index in [-0.39, 0.29) is 12.1 Å². The molecule has 3 rings (SSSR count). The minimum Gasteiger partial charge on any atom is -0.462 e. The normalized spacial score (nSPS) is 45.8. The first-order chi connectivity index (χ1) is 8.70. The summed E-state index contributed by atoms with van der Waals surface area (Å²) in [6.07, 6.45) is 6.45.